The largest absolute Gasteiger partial charge is 0.393 e. The van der Waals surface area contributed by atoms with Gasteiger partial charge in [0.05, 0.1) is 15.6 Å². The third-order valence-electron chi connectivity index (χ3n) is 3.53. The number of amides is 3. The van der Waals surface area contributed by atoms with E-state index in [1.54, 1.807) is 5.32 Å². The quantitative estimate of drug-likeness (QED) is 0.477. The summed E-state index contributed by atoms with van der Waals surface area (Å²) in [4.78, 5) is 22.6. The zero-order valence-corrected chi connectivity index (χ0v) is 16.6. The Morgan fingerprint density at radius 1 is 1.07 bits per heavy atom. The SMILES string of the molecule is O=C(NC(=O)c1c(F)cccc1F)Nc1ccc(S(=O)(=O)C(F)(F)C(F)Cl)cc1Cl. The van der Waals surface area contributed by atoms with Gasteiger partial charge in [0.15, 0.2) is 0 Å². The van der Waals surface area contributed by atoms with Crippen LogP contribution in [-0.4, -0.2) is 31.2 Å². The summed E-state index contributed by atoms with van der Waals surface area (Å²) in [6.07, 6.45) is 0. The summed E-state index contributed by atoms with van der Waals surface area (Å²) >= 11 is 10.3. The van der Waals surface area contributed by atoms with Crippen molar-refractivity contribution in [1.82, 2.24) is 5.32 Å². The molecule has 14 heteroatoms. The molecule has 0 aliphatic rings. The first-order valence-corrected chi connectivity index (χ1v) is 9.85. The number of carbonyl (C=O) groups excluding carboxylic acids is 2. The Hall–Kier alpha value is -2.44. The van der Waals surface area contributed by atoms with Crippen LogP contribution >= 0.6 is 23.2 Å². The summed E-state index contributed by atoms with van der Waals surface area (Å²) in [5, 5.41) is -1.98. The van der Waals surface area contributed by atoms with E-state index in [1.807, 2.05) is 5.32 Å². The summed E-state index contributed by atoms with van der Waals surface area (Å²) in [5.41, 5.74) is -4.93. The molecule has 2 rings (SSSR count). The number of alkyl halides is 4. The normalized spacial score (nSPS) is 12.9. The van der Waals surface area contributed by atoms with Gasteiger partial charge in [0.2, 0.25) is 9.84 Å². The molecule has 0 heterocycles. The third-order valence-corrected chi connectivity index (χ3v) is 6.04. The molecule has 0 saturated heterocycles. The van der Waals surface area contributed by atoms with Crippen LogP contribution in [0.1, 0.15) is 10.4 Å². The molecule has 162 valence electrons. The fourth-order valence-corrected chi connectivity index (χ4v) is 3.79. The maximum Gasteiger partial charge on any atom is 0.393 e. The van der Waals surface area contributed by atoms with Crippen LogP contribution in [0.3, 0.4) is 0 Å². The van der Waals surface area contributed by atoms with Crippen LogP contribution in [0.25, 0.3) is 0 Å². The Labute approximate surface area is 175 Å². The standard InChI is InChI=1S/C16H9Cl2F5N2O4S/c17-8-6-7(30(28,29)16(22,23)14(18)21)4-5-11(8)24-15(27)25-13(26)12-9(19)2-1-3-10(12)20/h1-6,14H,(H2,24,25,26,27). The number of sulfone groups is 1. The number of benzene rings is 2. The predicted molar refractivity (Wildman–Crippen MR) is 97.2 cm³/mol. The van der Waals surface area contributed by atoms with Gasteiger partial charge < -0.3 is 5.32 Å². The Morgan fingerprint density at radius 2 is 1.63 bits per heavy atom. The van der Waals surface area contributed by atoms with Crippen molar-refractivity contribution >= 4 is 50.7 Å². The molecular formula is C16H9Cl2F5N2O4S. The minimum atomic E-state index is -5.56. The molecule has 3 amide bonds. The Kier molecular flexibility index (Phi) is 6.94. The molecule has 0 bridgehead atoms. The minimum Gasteiger partial charge on any atom is -0.306 e. The highest BCUT2D eigenvalue weighted by Gasteiger charge is 2.53. The van der Waals surface area contributed by atoms with E-state index in [0.29, 0.717) is 12.1 Å². The smallest absolute Gasteiger partial charge is 0.306 e. The van der Waals surface area contributed by atoms with E-state index >= 15 is 0 Å². The van der Waals surface area contributed by atoms with Crippen molar-refractivity contribution in [1.29, 1.82) is 0 Å². The van der Waals surface area contributed by atoms with Gasteiger partial charge in [-0.25, -0.2) is 26.4 Å². The van der Waals surface area contributed by atoms with Crippen LogP contribution in [0.4, 0.5) is 32.4 Å². The van der Waals surface area contributed by atoms with Gasteiger partial charge in [0.1, 0.15) is 17.2 Å². The van der Waals surface area contributed by atoms with Gasteiger partial charge in [0.25, 0.3) is 11.5 Å². The van der Waals surface area contributed by atoms with Gasteiger partial charge in [0, 0.05) is 0 Å². The van der Waals surface area contributed by atoms with Crippen molar-refractivity contribution in [3.05, 3.63) is 58.6 Å². The summed E-state index contributed by atoms with van der Waals surface area (Å²) in [6.45, 7) is 0. The lowest BCUT2D eigenvalue weighted by Gasteiger charge is -2.17. The molecule has 2 aromatic rings. The zero-order chi connectivity index (χ0) is 22.9. The lowest BCUT2D eigenvalue weighted by molar-refractivity contribution is 0.0423. The molecule has 0 aliphatic carbocycles. The molecule has 30 heavy (non-hydrogen) atoms. The number of halogens is 7. The highest BCUT2D eigenvalue weighted by molar-refractivity contribution is 7.92. The number of imide groups is 1. The minimum absolute atomic E-state index is 0.360. The van der Waals surface area contributed by atoms with E-state index in [2.05, 4.69) is 11.6 Å². The van der Waals surface area contributed by atoms with E-state index in [9.17, 15) is 40.0 Å². The van der Waals surface area contributed by atoms with Crippen molar-refractivity contribution in [2.45, 2.75) is 15.8 Å². The van der Waals surface area contributed by atoms with Crippen LogP contribution < -0.4 is 10.6 Å². The Morgan fingerprint density at radius 3 is 2.13 bits per heavy atom. The van der Waals surface area contributed by atoms with Crippen LogP contribution in [0.15, 0.2) is 41.3 Å². The highest BCUT2D eigenvalue weighted by Crippen LogP contribution is 2.37. The Balaban J connectivity index is 2.21. The van der Waals surface area contributed by atoms with E-state index < -0.39 is 59.8 Å². The number of hydrogen-bond donors (Lipinski definition) is 2. The third kappa shape index (κ3) is 4.65. The molecule has 1 unspecified atom stereocenters. The van der Waals surface area contributed by atoms with Gasteiger partial charge in [-0.15, -0.1) is 0 Å². The van der Waals surface area contributed by atoms with Gasteiger partial charge in [-0.3, -0.25) is 10.1 Å². The number of urea groups is 1. The summed E-state index contributed by atoms with van der Waals surface area (Å²) < 4.78 is 90.5. The second-order valence-electron chi connectivity index (χ2n) is 5.51. The van der Waals surface area contributed by atoms with Gasteiger partial charge in [-0.2, -0.15) is 8.78 Å². The maximum atomic E-state index is 13.5. The molecule has 0 aromatic heterocycles. The topological polar surface area (TPSA) is 92.3 Å². The van der Waals surface area contributed by atoms with Crippen molar-refractivity contribution in [2.75, 3.05) is 5.32 Å². The van der Waals surface area contributed by atoms with Crippen LogP contribution in [0.2, 0.25) is 5.02 Å². The average molecular weight is 491 g/mol. The molecule has 6 nitrogen and oxygen atoms in total. The lowest BCUT2D eigenvalue weighted by atomic mass is 10.2. The number of carbonyl (C=O) groups is 2. The second-order valence-corrected chi connectivity index (χ2v) is 8.33. The molecule has 1 atom stereocenters. The molecule has 0 fully saturated rings. The first-order chi connectivity index (χ1) is 13.8. The van der Waals surface area contributed by atoms with Crippen LogP contribution in [-0.2, 0) is 9.84 Å². The zero-order valence-electron chi connectivity index (χ0n) is 14.2. The number of hydrogen-bond acceptors (Lipinski definition) is 4. The van der Waals surface area contributed by atoms with E-state index in [4.69, 9.17) is 11.6 Å². The summed E-state index contributed by atoms with van der Waals surface area (Å²) in [6, 6.07) is 3.06. The molecule has 0 spiro atoms. The monoisotopic (exact) mass is 490 g/mol. The van der Waals surface area contributed by atoms with E-state index in [0.717, 1.165) is 24.3 Å². The molecule has 0 aliphatic heterocycles. The molecule has 0 radical (unpaired) electrons. The van der Waals surface area contributed by atoms with Crippen LogP contribution in [0, 0.1) is 11.6 Å². The van der Waals surface area contributed by atoms with Crippen molar-refractivity contribution in [3.63, 3.8) is 0 Å². The predicted octanol–water partition coefficient (Wildman–Crippen LogP) is 4.48. The Bertz CT molecular complexity index is 1090. The molecular weight excluding hydrogens is 482 g/mol. The van der Waals surface area contributed by atoms with Gasteiger partial charge in [-0.1, -0.05) is 29.3 Å². The fourth-order valence-electron chi connectivity index (χ4n) is 2.07. The summed E-state index contributed by atoms with van der Waals surface area (Å²) in [7, 11) is -5.56. The fraction of sp³-hybridized carbons (Fsp3) is 0.125. The van der Waals surface area contributed by atoms with Crippen molar-refractivity contribution in [2.24, 2.45) is 0 Å². The number of nitrogens with one attached hydrogen (secondary N) is 2. The second kappa shape index (κ2) is 8.74. The first-order valence-electron chi connectivity index (χ1n) is 7.55. The summed E-state index contributed by atoms with van der Waals surface area (Å²) in [5.74, 6) is -3.91. The van der Waals surface area contributed by atoms with E-state index in [1.165, 1.54) is 0 Å². The van der Waals surface area contributed by atoms with Crippen molar-refractivity contribution < 1.29 is 40.0 Å². The molecule has 2 N–H and O–H groups in total. The maximum absolute atomic E-state index is 13.5. The number of rotatable bonds is 5. The van der Waals surface area contributed by atoms with Gasteiger partial charge >= 0.3 is 11.3 Å². The average Bonchev–Trinajstić information content (AvgIpc) is 2.62. The highest BCUT2D eigenvalue weighted by atomic mass is 35.5. The number of anilines is 1. The van der Waals surface area contributed by atoms with Crippen molar-refractivity contribution in [3.8, 4) is 0 Å². The first kappa shape index (κ1) is 23.8. The lowest BCUT2D eigenvalue weighted by Crippen LogP contribution is -2.36. The van der Waals surface area contributed by atoms with Gasteiger partial charge in [-0.05, 0) is 30.3 Å². The van der Waals surface area contributed by atoms with Crippen LogP contribution in [0.5, 0.6) is 0 Å². The molecule has 0 saturated carbocycles. The molecule has 2 aromatic carbocycles. The van der Waals surface area contributed by atoms with E-state index in [-0.39, 0.29) is 5.69 Å².